The number of benzene rings is 2. The summed E-state index contributed by atoms with van der Waals surface area (Å²) >= 11 is 0. The molecule has 0 unspecified atom stereocenters. The Kier molecular flexibility index (Phi) is 6.75. The predicted octanol–water partition coefficient (Wildman–Crippen LogP) is 9.02. The van der Waals surface area contributed by atoms with Gasteiger partial charge in [-0.3, -0.25) is 9.80 Å². The van der Waals surface area contributed by atoms with Crippen LogP contribution in [0.3, 0.4) is 0 Å². The van der Waals surface area contributed by atoms with Crippen molar-refractivity contribution in [2.24, 2.45) is 17.3 Å². The topological polar surface area (TPSA) is 153 Å². The van der Waals surface area contributed by atoms with Crippen LogP contribution in [-0.2, 0) is 4.74 Å². The van der Waals surface area contributed by atoms with Crippen LogP contribution in [0, 0.1) is 17.3 Å². The number of nitrogens with one attached hydrogen (secondary N) is 2. The lowest BCUT2D eigenvalue weighted by Crippen LogP contribution is -2.48. The van der Waals surface area contributed by atoms with Crippen LogP contribution >= 0.6 is 0 Å². The van der Waals surface area contributed by atoms with Crippen LogP contribution in [0.15, 0.2) is 60.7 Å². The summed E-state index contributed by atoms with van der Waals surface area (Å²) in [5, 5.41) is 10.3. The molecule has 4 aliphatic rings. The average Bonchev–Trinajstić information content (AvgIpc) is 3.74. The standard InChI is InChI=1S/C42H44N8O4/c1-40(2,3)42-20-24(42)19-35(50(42)38(51)52)37-46-30-10-8-22(16-32(30)48-37)26-12-14-27-28(44-26)13-11-25(43-27)21-7-9-29-31(15-21)47-36(45-29)34-18-23-17-33(23)49(34)39(53)54-41(4,5)6/h7-16,23-24,33-35H,17-20H2,1-6H3,(H,45,47)(H,46,48)(H,51,52)/t23-,24-,33-,34+,35+,42-/m1/s1. The first-order valence-corrected chi connectivity index (χ1v) is 19.0. The van der Waals surface area contributed by atoms with Crippen molar-refractivity contribution in [2.75, 3.05) is 0 Å². The number of hydrogen-bond donors (Lipinski definition) is 3. The Morgan fingerprint density at radius 3 is 2.06 bits per heavy atom. The maximum atomic E-state index is 13.1. The zero-order valence-corrected chi connectivity index (χ0v) is 31.3. The second-order valence-corrected chi connectivity index (χ2v) is 17.8. The molecule has 0 radical (unpaired) electrons. The number of hydrogen-bond acceptors (Lipinski definition) is 7. The number of carbonyl (C=O) groups excluding carboxylic acids is 1. The molecule has 2 saturated carbocycles. The lowest BCUT2D eigenvalue weighted by atomic mass is 9.82. The maximum Gasteiger partial charge on any atom is 0.411 e. The number of likely N-dealkylation sites (tertiary alicyclic amines) is 2. The van der Waals surface area contributed by atoms with E-state index in [1.807, 2.05) is 80.3 Å². The monoisotopic (exact) mass is 724 g/mol. The van der Waals surface area contributed by atoms with E-state index < -0.39 is 11.7 Å². The van der Waals surface area contributed by atoms with Crippen LogP contribution in [0.4, 0.5) is 9.59 Å². The summed E-state index contributed by atoms with van der Waals surface area (Å²) in [5.41, 5.74) is 7.43. The number of ether oxygens (including phenoxy) is 1. The molecule has 4 fully saturated rings. The number of aromatic amines is 2. The van der Waals surface area contributed by atoms with Crippen molar-refractivity contribution in [1.82, 2.24) is 39.7 Å². The third-order valence-electron chi connectivity index (χ3n) is 12.3. The van der Waals surface area contributed by atoms with Crippen molar-refractivity contribution >= 4 is 45.3 Å². The molecular weight excluding hydrogens is 681 g/mol. The van der Waals surface area contributed by atoms with Gasteiger partial charge in [0, 0.05) is 17.2 Å². The molecule has 4 aromatic heterocycles. The number of imidazole rings is 2. The molecule has 276 valence electrons. The highest BCUT2D eigenvalue weighted by Crippen LogP contribution is 2.68. The van der Waals surface area contributed by atoms with Gasteiger partial charge in [-0.05, 0) is 112 Å². The van der Waals surface area contributed by atoms with E-state index >= 15 is 0 Å². The van der Waals surface area contributed by atoms with E-state index in [0.29, 0.717) is 17.7 Å². The summed E-state index contributed by atoms with van der Waals surface area (Å²) in [7, 11) is 0. The Morgan fingerprint density at radius 1 is 0.741 bits per heavy atom. The van der Waals surface area contributed by atoms with E-state index in [1.165, 1.54) is 0 Å². The Bertz CT molecular complexity index is 2540. The van der Waals surface area contributed by atoms with Crippen molar-refractivity contribution in [2.45, 2.75) is 96.5 Å². The maximum absolute atomic E-state index is 13.1. The van der Waals surface area contributed by atoms with Gasteiger partial charge in [-0.1, -0.05) is 32.9 Å². The highest BCUT2D eigenvalue weighted by molar-refractivity contribution is 5.86. The highest BCUT2D eigenvalue weighted by atomic mass is 16.6. The van der Waals surface area contributed by atoms with Crippen molar-refractivity contribution in [3.8, 4) is 22.5 Å². The van der Waals surface area contributed by atoms with E-state index in [0.717, 1.165) is 87.1 Å². The molecule has 2 aliphatic heterocycles. The van der Waals surface area contributed by atoms with E-state index in [1.54, 1.807) is 4.90 Å². The Hall–Kier alpha value is -5.52. The zero-order valence-electron chi connectivity index (χ0n) is 31.3. The summed E-state index contributed by atoms with van der Waals surface area (Å²) in [5.74, 6) is 2.35. The number of H-pyrrole nitrogens is 2. The van der Waals surface area contributed by atoms with E-state index in [9.17, 15) is 14.7 Å². The van der Waals surface area contributed by atoms with Crippen molar-refractivity contribution < 1.29 is 19.4 Å². The van der Waals surface area contributed by atoms with Gasteiger partial charge in [-0.2, -0.15) is 0 Å². The quantitative estimate of drug-likeness (QED) is 0.163. The fourth-order valence-electron chi connectivity index (χ4n) is 9.66. The smallest absolute Gasteiger partial charge is 0.411 e. The number of amides is 2. The number of piperidine rings is 2. The molecule has 6 aromatic rings. The van der Waals surface area contributed by atoms with Gasteiger partial charge in [-0.15, -0.1) is 0 Å². The third-order valence-corrected chi connectivity index (χ3v) is 12.3. The minimum Gasteiger partial charge on any atom is -0.465 e. The SMILES string of the molecule is CC(C)(C)OC(=O)N1[C@@H]2C[C@@H]2C[C@H]1c1nc2ccc(-c3ccc4nc(-c5ccc6[nH]c([C@@H]7C[C@@H]8C[C@@]8(C(C)(C)C)N7C(=O)O)nc6c5)ccc4n3)cc2[nH]1. The molecule has 6 atom stereocenters. The number of nitrogens with zero attached hydrogens (tertiary/aromatic N) is 6. The molecule has 2 amide bonds. The van der Waals surface area contributed by atoms with Crippen molar-refractivity contribution in [1.29, 1.82) is 0 Å². The number of aromatic nitrogens is 6. The van der Waals surface area contributed by atoms with E-state index in [4.69, 9.17) is 24.7 Å². The number of pyridine rings is 2. The molecule has 54 heavy (non-hydrogen) atoms. The number of rotatable bonds is 4. The minimum atomic E-state index is -0.882. The van der Waals surface area contributed by atoms with Gasteiger partial charge in [0.25, 0.3) is 0 Å². The summed E-state index contributed by atoms with van der Waals surface area (Å²) in [6.45, 7) is 12.1. The van der Waals surface area contributed by atoms with Gasteiger partial charge < -0.3 is 19.8 Å². The second-order valence-electron chi connectivity index (χ2n) is 17.8. The molecule has 2 aromatic carbocycles. The lowest BCUT2D eigenvalue weighted by Gasteiger charge is -2.39. The van der Waals surface area contributed by atoms with E-state index in [2.05, 4.69) is 36.8 Å². The van der Waals surface area contributed by atoms with Crippen LogP contribution in [0.5, 0.6) is 0 Å². The first kappa shape index (κ1) is 33.1. The summed E-state index contributed by atoms with van der Waals surface area (Å²) in [6.07, 6.45) is 2.45. The predicted molar refractivity (Wildman–Crippen MR) is 205 cm³/mol. The first-order chi connectivity index (χ1) is 25.7. The van der Waals surface area contributed by atoms with Crippen LogP contribution < -0.4 is 0 Å². The van der Waals surface area contributed by atoms with Crippen LogP contribution in [0.25, 0.3) is 55.6 Å². The summed E-state index contributed by atoms with van der Waals surface area (Å²) in [4.78, 5) is 56.0. The normalized spacial score (nSPS) is 26.1. The number of carboxylic acid groups (broad SMARTS) is 1. The fraction of sp³-hybridized carbons (Fsp3) is 0.429. The fourth-order valence-corrected chi connectivity index (χ4v) is 9.66. The largest absolute Gasteiger partial charge is 0.465 e. The molecule has 3 N–H and O–H groups in total. The average molecular weight is 725 g/mol. The summed E-state index contributed by atoms with van der Waals surface area (Å²) < 4.78 is 5.76. The molecule has 12 heteroatoms. The number of fused-ring (bicyclic) bond motifs is 5. The molecule has 2 aliphatic carbocycles. The molecular formula is C42H44N8O4. The lowest BCUT2D eigenvalue weighted by molar-refractivity contribution is 0.0175. The van der Waals surface area contributed by atoms with Gasteiger partial charge in [0.1, 0.15) is 17.2 Å². The number of carbonyl (C=O) groups is 2. The molecule has 2 saturated heterocycles. The highest BCUT2D eigenvalue weighted by Gasteiger charge is 2.72. The second kappa shape index (κ2) is 11.0. The van der Waals surface area contributed by atoms with Crippen molar-refractivity contribution in [3.05, 3.63) is 72.3 Å². The summed E-state index contributed by atoms with van der Waals surface area (Å²) in [6, 6.07) is 19.9. The molecule has 10 rings (SSSR count). The Morgan fingerprint density at radius 2 is 1.37 bits per heavy atom. The van der Waals surface area contributed by atoms with Crippen LogP contribution in [-0.4, -0.2) is 74.2 Å². The Labute approximate surface area is 312 Å². The van der Waals surface area contributed by atoms with Gasteiger partial charge in [0.15, 0.2) is 0 Å². The Balaban J connectivity index is 0.897. The van der Waals surface area contributed by atoms with Gasteiger partial charge in [-0.25, -0.2) is 29.5 Å². The molecule has 0 spiro atoms. The molecule has 12 nitrogen and oxygen atoms in total. The van der Waals surface area contributed by atoms with Crippen LogP contribution in [0.2, 0.25) is 0 Å². The van der Waals surface area contributed by atoms with E-state index in [-0.39, 0.29) is 35.2 Å². The molecule has 6 heterocycles. The zero-order chi connectivity index (χ0) is 37.5. The van der Waals surface area contributed by atoms with Crippen LogP contribution in [0.1, 0.15) is 91.0 Å². The third kappa shape index (κ3) is 5.09. The van der Waals surface area contributed by atoms with Gasteiger partial charge >= 0.3 is 12.2 Å². The molecule has 0 bridgehead atoms. The first-order valence-electron chi connectivity index (χ1n) is 19.0. The van der Waals surface area contributed by atoms with Gasteiger partial charge in [0.05, 0.1) is 62.1 Å². The van der Waals surface area contributed by atoms with Gasteiger partial charge in [0.2, 0.25) is 0 Å². The minimum absolute atomic E-state index is 0.129. The van der Waals surface area contributed by atoms with Crippen molar-refractivity contribution in [3.63, 3.8) is 0 Å².